The van der Waals surface area contributed by atoms with Crippen molar-refractivity contribution >= 4 is 34.0 Å². The van der Waals surface area contributed by atoms with E-state index in [1.807, 2.05) is 0 Å². The fourth-order valence-electron chi connectivity index (χ4n) is 0. The molecule has 0 heterocycles. The first-order valence-electron chi connectivity index (χ1n) is 0. The van der Waals surface area contributed by atoms with Crippen LogP contribution in [0.5, 0.6) is 0 Å². The van der Waals surface area contributed by atoms with Crippen LogP contribution in [0.25, 0.3) is 0 Å². The molecule has 0 aliphatic heterocycles. The Kier molecular flexibility index (Phi) is 162. The van der Waals surface area contributed by atoms with Crippen LogP contribution in [0.15, 0.2) is 0 Å². The fraction of sp³-hybridized carbons (Fsp3) is 0. The largest absolute Gasteiger partial charge is 0.316 e. The first-order valence-corrected chi connectivity index (χ1v) is 0. The maximum absolute atomic E-state index is 0. The minimum absolute atomic E-state index is 0. The van der Waals surface area contributed by atoms with E-state index in [1.165, 1.54) is 0 Å². The molecule has 0 aromatic rings. The Bertz CT molecular complexity index is 8.00. The zero-order valence-electron chi connectivity index (χ0n) is 0.878. The molecule has 0 unspecified atom stereocenters. The molecular formula is H6MgMnSiTi. The maximum atomic E-state index is 0. The molecule has 4 heteroatoms. The zero-order chi connectivity index (χ0) is 0. The van der Waals surface area contributed by atoms with Gasteiger partial charge in [-0.3, -0.25) is 0 Å². The molecule has 0 nitrogen and oxygen atoms in total. The van der Waals surface area contributed by atoms with Crippen LogP contribution in [0.4, 0.5) is 0 Å². The van der Waals surface area contributed by atoms with Crippen LogP contribution in [0.2, 0.25) is 0 Å². The Morgan fingerprint density at radius 3 is 1.00 bits per heavy atom. The smallest absolute Gasteiger partial charge is 0.0149 e. The summed E-state index contributed by atoms with van der Waals surface area (Å²) in [5.41, 5.74) is 0. The van der Waals surface area contributed by atoms with Crippen LogP contribution in [0.1, 0.15) is 0 Å². The van der Waals surface area contributed by atoms with Gasteiger partial charge in [-0.1, -0.05) is 0 Å². The molecule has 0 saturated heterocycles. The Labute approximate surface area is 72.0 Å². The monoisotopic (exact) mass is 161 g/mol. The zero-order valence-corrected chi connectivity index (χ0v) is 3.62. The van der Waals surface area contributed by atoms with Gasteiger partial charge < -0.3 is 0 Å². The third-order valence-electron chi connectivity index (χ3n) is 0. The van der Waals surface area contributed by atoms with Crippen LogP contribution in [-0.2, 0) is 38.8 Å². The van der Waals surface area contributed by atoms with E-state index in [-0.39, 0.29) is 72.8 Å². The molecule has 0 aromatic heterocycles. The third kappa shape index (κ3) is 8.88. The van der Waals surface area contributed by atoms with Crippen molar-refractivity contribution < 1.29 is 38.8 Å². The van der Waals surface area contributed by atoms with E-state index in [0.29, 0.717) is 0 Å². The Morgan fingerprint density at radius 2 is 1.00 bits per heavy atom. The van der Waals surface area contributed by atoms with Gasteiger partial charge in [0.2, 0.25) is 0 Å². The summed E-state index contributed by atoms with van der Waals surface area (Å²) in [6.45, 7) is 0. The van der Waals surface area contributed by atoms with Gasteiger partial charge in [0.05, 0.1) is 0 Å². The number of rotatable bonds is 0. The molecule has 0 aromatic carbocycles. The number of hydrogen-bond acceptors (Lipinski definition) is 0. The van der Waals surface area contributed by atoms with Gasteiger partial charge in [0.1, 0.15) is 0 Å². The molecular weight excluding hydrogens is 155 g/mol. The van der Waals surface area contributed by atoms with E-state index in [1.54, 1.807) is 0 Å². The number of hydrogen-bond donors (Lipinski definition) is 0. The Balaban J connectivity index is 0. The summed E-state index contributed by atoms with van der Waals surface area (Å²) >= 11 is 0. The molecule has 0 rings (SSSR count). The molecule has 0 aliphatic rings. The SMILES string of the molecule is [MgH2].[Mn].[SiH4].[Ti]. The molecule has 4 heavy (non-hydrogen) atoms. The van der Waals surface area contributed by atoms with Gasteiger partial charge in [0, 0.05) is 38.8 Å². The molecule has 0 amide bonds. The quantitative estimate of drug-likeness (QED) is 0.348. The van der Waals surface area contributed by atoms with Crippen molar-refractivity contribution in [2.24, 2.45) is 0 Å². The molecule has 0 atom stereocenters. The van der Waals surface area contributed by atoms with Crippen molar-refractivity contribution in [1.29, 1.82) is 0 Å². The van der Waals surface area contributed by atoms with Gasteiger partial charge in [0.25, 0.3) is 0 Å². The molecule has 0 saturated carbocycles. The molecule has 0 spiro atoms. The summed E-state index contributed by atoms with van der Waals surface area (Å²) in [6, 6.07) is 0. The molecule has 0 aliphatic carbocycles. The van der Waals surface area contributed by atoms with Crippen molar-refractivity contribution in [2.45, 2.75) is 0 Å². The molecule has 0 fully saturated rings. The second-order valence-electron chi connectivity index (χ2n) is 0. The summed E-state index contributed by atoms with van der Waals surface area (Å²) in [5.74, 6) is 0. The average molecular weight is 161 g/mol. The van der Waals surface area contributed by atoms with Crippen LogP contribution in [0.3, 0.4) is 0 Å². The van der Waals surface area contributed by atoms with Crippen molar-refractivity contribution in [3.05, 3.63) is 0 Å². The predicted molar refractivity (Wildman–Crippen MR) is 19.9 cm³/mol. The minimum Gasteiger partial charge on any atom is -0.0149 e. The first-order chi connectivity index (χ1) is 0. The van der Waals surface area contributed by atoms with E-state index >= 15 is 0 Å². The summed E-state index contributed by atoms with van der Waals surface area (Å²) in [6.07, 6.45) is 0. The Morgan fingerprint density at radius 1 is 1.00 bits per heavy atom. The van der Waals surface area contributed by atoms with Gasteiger partial charge in [-0.15, -0.1) is 0 Å². The maximum Gasteiger partial charge on any atom is 0.316 e. The van der Waals surface area contributed by atoms with E-state index in [9.17, 15) is 0 Å². The third-order valence-corrected chi connectivity index (χ3v) is 0. The van der Waals surface area contributed by atoms with E-state index < -0.39 is 0 Å². The standard InChI is InChI=1S/Mg.Mn.H4Si.Ti.2H/h;;1H4;;;. The van der Waals surface area contributed by atoms with Crippen LogP contribution < -0.4 is 0 Å². The van der Waals surface area contributed by atoms with Gasteiger partial charge >= 0.3 is 23.1 Å². The van der Waals surface area contributed by atoms with Gasteiger partial charge in [0.15, 0.2) is 0 Å². The van der Waals surface area contributed by atoms with Crippen LogP contribution in [0, 0.1) is 0 Å². The molecule has 1 radical (unpaired) electrons. The van der Waals surface area contributed by atoms with E-state index in [4.69, 9.17) is 0 Å². The molecule has 0 N–H and O–H groups in total. The van der Waals surface area contributed by atoms with E-state index in [0.717, 1.165) is 0 Å². The predicted octanol–water partition coefficient (Wildman–Crippen LogP) is -2.37. The van der Waals surface area contributed by atoms with Crippen molar-refractivity contribution in [2.75, 3.05) is 0 Å². The fourth-order valence-corrected chi connectivity index (χ4v) is 0. The van der Waals surface area contributed by atoms with Crippen molar-refractivity contribution in [1.82, 2.24) is 0 Å². The van der Waals surface area contributed by atoms with Gasteiger partial charge in [-0.2, -0.15) is 0 Å². The van der Waals surface area contributed by atoms with Crippen molar-refractivity contribution in [3.8, 4) is 0 Å². The Hall–Kier alpha value is 2.22. The normalized spacial score (nSPS) is 0. The van der Waals surface area contributed by atoms with Crippen LogP contribution >= 0.6 is 0 Å². The van der Waals surface area contributed by atoms with Gasteiger partial charge in [-0.05, 0) is 11.0 Å². The summed E-state index contributed by atoms with van der Waals surface area (Å²) < 4.78 is 0. The summed E-state index contributed by atoms with van der Waals surface area (Å²) in [5, 5.41) is 0. The molecule has 0 bridgehead atoms. The average Bonchev–Trinajstić information content (AvgIpc) is 0. The van der Waals surface area contributed by atoms with E-state index in [2.05, 4.69) is 0 Å². The minimum atomic E-state index is 0. The second-order valence-corrected chi connectivity index (χ2v) is 0. The topological polar surface area (TPSA) is 0 Å². The second kappa shape index (κ2) is 18.9. The van der Waals surface area contributed by atoms with Gasteiger partial charge in [-0.25, -0.2) is 0 Å². The molecule has 23 valence electrons. The first kappa shape index (κ1) is 34.4. The van der Waals surface area contributed by atoms with Crippen molar-refractivity contribution in [3.63, 3.8) is 0 Å². The van der Waals surface area contributed by atoms with Crippen LogP contribution in [-0.4, -0.2) is 34.0 Å². The summed E-state index contributed by atoms with van der Waals surface area (Å²) in [4.78, 5) is 0. The summed E-state index contributed by atoms with van der Waals surface area (Å²) in [7, 11) is 0.